The average Bonchev–Trinajstić information content (AvgIpc) is 2.88. The lowest BCUT2D eigenvalue weighted by Gasteiger charge is -2.15. The van der Waals surface area contributed by atoms with Crippen LogP contribution in [-0.2, 0) is 0 Å². The van der Waals surface area contributed by atoms with E-state index in [0.717, 1.165) is 10.2 Å². The van der Waals surface area contributed by atoms with Gasteiger partial charge in [-0.3, -0.25) is 0 Å². The van der Waals surface area contributed by atoms with Gasteiger partial charge in [-0.05, 0) is 47.4 Å². The number of hydrogen-bond donors (Lipinski definition) is 1. The average molecular weight is 332 g/mol. The minimum Gasteiger partial charge on any atom is -0.496 e. The van der Waals surface area contributed by atoms with E-state index in [1.165, 1.54) is 14.6 Å². The summed E-state index contributed by atoms with van der Waals surface area (Å²) in [5, 5.41) is 5.42. The van der Waals surface area contributed by atoms with Gasteiger partial charge in [0.05, 0.1) is 18.0 Å². The van der Waals surface area contributed by atoms with Crippen molar-refractivity contribution >= 4 is 38.6 Å². The smallest absolute Gasteiger partial charge is 0.134 e. The van der Waals surface area contributed by atoms with Crippen LogP contribution in [0.15, 0.2) is 22.0 Å². The normalized spacial score (nSPS) is 12.7. The SMILES string of the molecule is CNC(c1sc(C)cc1Br)c1sccc1OC. The predicted molar refractivity (Wildman–Crippen MR) is 78.5 cm³/mol. The van der Waals surface area contributed by atoms with Crippen LogP contribution in [0.25, 0.3) is 0 Å². The maximum Gasteiger partial charge on any atom is 0.134 e. The molecule has 5 heteroatoms. The molecule has 0 aliphatic rings. The van der Waals surface area contributed by atoms with Gasteiger partial charge in [0.2, 0.25) is 0 Å². The molecule has 1 unspecified atom stereocenters. The Hall–Kier alpha value is -0.360. The van der Waals surface area contributed by atoms with Crippen LogP contribution in [0.3, 0.4) is 0 Å². The molecule has 0 amide bonds. The van der Waals surface area contributed by atoms with Gasteiger partial charge in [-0.25, -0.2) is 0 Å². The van der Waals surface area contributed by atoms with E-state index in [-0.39, 0.29) is 6.04 Å². The van der Waals surface area contributed by atoms with Gasteiger partial charge in [-0.15, -0.1) is 22.7 Å². The first-order chi connectivity index (χ1) is 8.17. The first kappa shape index (κ1) is 13.1. The third kappa shape index (κ3) is 2.57. The molecule has 2 aromatic heterocycles. The van der Waals surface area contributed by atoms with Crippen molar-refractivity contribution in [2.24, 2.45) is 0 Å². The number of nitrogens with one attached hydrogen (secondary N) is 1. The summed E-state index contributed by atoms with van der Waals surface area (Å²) < 4.78 is 6.56. The topological polar surface area (TPSA) is 21.3 Å². The molecule has 2 aromatic rings. The molecule has 0 spiro atoms. The van der Waals surface area contributed by atoms with E-state index in [1.54, 1.807) is 29.8 Å². The lowest BCUT2D eigenvalue weighted by Crippen LogP contribution is -2.16. The summed E-state index contributed by atoms with van der Waals surface area (Å²) in [5.41, 5.74) is 0. The summed E-state index contributed by atoms with van der Waals surface area (Å²) in [5.74, 6) is 0.951. The minimum absolute atomic E-state index is 0.193. The summed E-state index contributed by atoms with van der Waals surface area (Å²) in [6.45, 7) is 2.12. The molecule has 0 saturated carbocycles. The molecule has 2 nitrogen and oxygen atoms in total. The van der Waals surface area contributed by atoms with E-state index < -0.39 is 0 Å². The molecule has 0 aliphatic carbocycles. The second kappa shape index (κ2) is 5.52. The molecule has 0 aromatic carbocycles. The zero-order valence-corrected chi connectivity index (χ0v) is 13.1. The minimum atomic E-state index is 0.193. The van der Waals surface area contributed by atoms with Crippen molar-refractivity contribution in [1.29, 1.82) is 0 Å². The fourth-order valence-electron chi connectivity index (χ4n) is 1.77. The highest BCUT2D eigenvalue weighted by Gasteiger charge is 2.22. The lowest BCUT2D eigenvalue weighted by molar-refractivity contribution is 0.409. The molecule has 0 fully saturated rings. The summed E-state index contributed by atoms with van der Waals surface area (Å²) >= 11 is 7.15. The maximum atomic E-state index is 5.40. The number of methoxy groups -OCH3 is 1. The molecule has 92 valence electrons. The first-order valence-corrected chi connectivity index (χ1v) is 7.70. The summed E-state index contributed by atoms with van der Waals surface area (Å²) in [7, 11) is 3.69. The van der Waals surface area contributed by atoms with E-state index in [4.69, 9.17) is 4.74 Å². The number of ether oxygens (including phenoxy) is 1. The predicted octanol–water partition coefficient (Wildman–Crippen LogP) is 4.20. The highest BCUT2D eigenvalue weighted by molar-refractivity contribution is 9.10. The number of hydrogen-bond acceptors (Lipinski definition) is 4. The van der Waals surface area contributed by atoms with E-state index >= 15 is 0 Å². The monoisotopic (exact) mass is 331 g/mol. The standard InChI is InChI=1S/C12H14BrNOS2/c1-7-6-8(13)11(17-7)10(14-2)12-9(15-3)4-5-16-12/h4-6,10,14H,1-3H3. The van der Waals surface area contributed by atoms with Crippen LogP contribution in [-0.4, -0.2) is 14.2 Å². The largest absolute Gasteiger partial charge is 0.496 e. The van der Waals surface area contributed by atoms with E-state index in [9.17, 15) is 0 Å². The number of halogens is 1. The van der Waals surface area contributed by atoms with Crippen LogP contribution < -0.4 is 10.1 Å². The van der Waals surface area contributed by atoms with Gasteiger partial charge < -0.3 is 10.1 Å². The molecule has 0 radical (unpaired) electrons. The Bertz CT molecular complexity index is 506. The van der Waals surface area contributed by atoms with Crippen LogP contribution in [0.1, 0.15) is 20.7 Å². The van der Waals surface area contributed by atoms with Gasteiger partial charge in [0.15, 0.2) is 0 Å². The van der Waals surface area contributed by atoms with Gasteiger partial charge in [0, 0.05) is 14.2 Å². The van der Waals surface area contributed by atoms with Crippen molar-refractivity contribution in [3.05, 3.63) is 36.6 Å². The molecule has 1 atom stereocenters. The molecule has 0 aliphatic heterocycles. The molecule has 0 saturated heterocycles. The van der Waals surface area contributed by atoms with Crippen molar-refractivity contribution in [2.45, 2.75) is 13.0 Å². The van der Waals surface area contributed by atoms with Crippen molar-refractivity contribution in [1.82, 2.24) is 5.32 Å². The molecular formula is C12H14BrNOS2. The van der Waals surface area contributed by atoms with E-state index in [0.29, 0.717) is 0 Å². The van der Waals surface area contributed by atoms with Crippen molar-refractivity contribution in [3.8, 4) is 5.75 Å². The fourth-order valence-corrected chi connectivity index (χ4v) is 4.82. The maximum absolute atomic E-state index is 5.40. The Labute approximate surface area is 118 Å². The third-order valence-electron chi connectivity index (χ3n) is 2.53. The zero-order chi connectivity index (χ0) is 12.4. The van der Waals surface area contributed by atoms with Crippen molar-refractivity contribution < 1.29 is 4.74 Å². The number of rotatable bonds is 4. The Kier molecular flexibility index (Phi) is 4.25. The van der Waals surface area contributed by atoms with Gasteiger partial charge >= 0.3 is 0 Å². The molecular weight excluding hydrogens is 318 g/mol. The van der Waals surface area contributed by atoms with E-state index in [2.05, 4.69) is 39.6 Å². The third-order valence-corrected chi connectivity index (χ3v) is 5.52. The Morgan fingerprint density at radius 1 is 1.41 bits per heavy atom. The Morgan fingerprint density at radius 2 is 2.18 bits per heavy atom. The Balaban J connectivity index is 2.43. The van der Waals surface area contributed by atoms with Crippen LogP contribution in [0, 0.1) is 6.92 Å². The zero-order valence-electron chi connectivity index (χ0n) is 9.91. The van der Waals surface area contributed by atoms with E-state index in [1.807, 2.05) is 13.1 Å². The molecule has 0 bridgehead atoms. The molecule has 1 N–H and O–H groups in total. The van der Waals surface area contributed by atoms with Gasteiger partial charge in [-0.2, -0.15) is 0 Å². The number of thiophene rings is 2. The van der Waals surface area contributed by atoms with Crippen molar-refractivity contribution in [3.63, 3.8) is 0 Å². The molecule has 2 rings (SSSR count). The summed E-state index contributed by atoms with van der Waals surface area (Å²) in [6, 6.07) is 4.36. The number of aryl methyl sites for hydroxylation is 1. The molecule has 2 heterocycles. The quantitative estimate of drug-likeness (QED) is 0.906. The first-order valence-electron chi connectivity index (χ1n) is 5.21. The van der Waals surface area contributed by atoms with Crippen LogP contribution in [0.4, 0.5) is 0 Å². The summed E-state index contributed by atoms with van der Waals surface area (Å²) in [4.78, 5) is 3.82. The molecule has 17 heavy (non-hydrogen) atoms. The van der Waals surface area contributed by atoms with Crippen LogP contribution in [0.2, 0.25) is 0 Å². The van der Waals surface area contributed by atoms with Gasteiger partial charge in [0.1, 0.15) is 5.75 Å². The van der Waals surface area contributed by atoms with Gasteiger partial charge in [0.25, 0.3) is 0 Å². The van der Waals surface area contributed by atoms with Crippen LogP contribution in [0.5, 0.6) is 5.75 Å². The summed E-state index contributed by atoms with van der Waals surface area (Å²) in [6.07, 6.45) is 0. The van der Waals surface area contributed by atoms with Crippen LogP contribution >= 0.6 is 38.6 Å². The second-order valence-corrected chi connectivity index (χ2v) is 6.73. The second-order valence-electron chi connectivity index (χ2n) is 3.64. The highest BCUT2D eigenvalue weighted by Crippen LogP contribution is 2.40. The fraction of sp³-hybridized carbons (Fsp3) is 0.333. The Morgan fingerprint density at radius 3 is 2.71 bits per heavy atom. The van der Waals surface area contributed by atoms with Crippen molar-refractivity contribution in [2.75, 3.05) is 14.2 Å². The van der Waals surface area contributed by atoms with Gasteiger partial charge in [-0.1, -0.05) is 0 Å². The lowest BCUT2D eigenvalue weighted by atomic mass is 10.2. The highest BCUT2D eigenvalue weighted by atomic mass is 79.9.